The van der Waals surface area contributed by atoms with E-state index in [1.54, 1.807) is 12.1 Å². The number of carbonyl (C=O) groups is 1. The van der Waals surface area contributed by atoms with Crippen molar-refractivity contribution in [3.63, 3.8) is 0 Å². The summed E-state index contributed by atoms with van der Waals surface area (Å²) in [4.78, 5) is 21.1. The van der Waals surface area contributed by atoms with Gasteiger partial charge in [0.2, 0.25) is 0 Å². The lowest BCUT2D eigenvalue weighted by Gasteiger charge is -2.26. The van der Waals surface area contributed by atoms with Crippen molar-refractivity contribution in [3.8, 4) is 5.75 Å². The van der Waals surface area contributed by atoms with E-state index in [1.807, 2.05) is 13.8 Å². The molecule has 110 valence electrons. The van der Waals surface area contributed by atoms with Crippen molar-refractivity contribution in [1.29, 1.82) is 0 Å². The second-order valence-electron chi connectivity index (χ2n) is 3.86. The third kappa shape index (κ3) is 3.84. The van der Waals surface area contributed by atoms with E-state index in [0.717, 1.165) is 0 Å². The van der Waals surface area contributed by atoms with Crippen LogP contribution < -0.4 is 10.1 Å². The van der Waals surface area contributed by atoms with E-state index in [0.29, 0.717) is 18.0 Å². The van der Waals surface area contributed by atoms with Crippen LogP contribution in [0.1, 0.15) is 20.8 Å². The maximum absolute atomic E-state index is 10.9. The smallest absolute Gasteiger partial charge is 0.302 e. The highest BCUT2D eigenvalue weighted by molar-refractivity contribution is 5.71. The van der Waals surface area contributed by atoms with Crippen LogP contribution in [-0.2, 0) is 9.53 Å². The summed E-state index contributed by atoms with van der Waals surface area (Å²) in [6, 6.07) is 4.31. The Morgan fingerprint density at radius 3 is 2.85 bits per heavy atom. The number of hydrogen-bond acceptors (Lipinski definition) is 6. The lowest BCUT2D eigenvalue weighted by Crippen LogP contribution is -2.36. The topological polar surface area (TPSA) is 90.7 Å². The summed E-state index contributed by atoms with van der Waals surface area (Å²) >= 11 is 0. The Balaban J connectivity index is 0.000000956. The molecule has 0 radical (unpaired) electrons. The number of benzene rings is 1. The van der Waals surface area contributed by atoms with Crippen molar-refractivity contribution in [2.24, 2.45) is 0 Å². The van der Waals surface area contributed by atoms with Gasteiger partial charge in [-0.05, 0) is 6.07 Å². The van der Waals surface area contributed by atoms with Crippen LogP contribution in [0.5, 0.6) is 5.75 Å². The normalized spacial score (nSPS) is 15.7. The predicted molar refractivity (Wildman–Crippen MR) is 74.0 cm³/mol. The second kappa shape index (κ2) is 7.32. The molecule has 0 fully saturated rings. The first-order valence-electron chi connectivity index (χ1n) is 6.38. The largest absolute Gasteiger partial charge is 0.489 e. The summed E-state index contributed by atoms with van der Waals surface area (Å²) in [7, 11) is 0. The molecule has 0 aromatic heterocycles. The molecule has 1 aromatic rings. The summed E-state index contributed by atoms with van der Waals surface area (Å²) < 4.78 is 10.2. The fraction of sp³-hybridized carbons (Fsp3) is 0.462. The Bertz CT molecular complexity index is 490. The number of nitrogens with one attached hydrogen (secondary N) is 1. The monoisotopic (exact) mass is 282 g/mol. The number of nitro groups is 1. The van der Waals surface area contributed by atoms with E-state index in [-0.39, 0.29) is 18.3 Å². The minimum atomic E-state index is -0.483. The average molecular weight is 282 g/mol. The second-order valence-corrected chi connectivity index (χ2v) is 3.86. The molecule has 0 amide bonds. The molecule has 1 unspecified atom stereocenters. The molecule has 20 heavy (non-hydrogen) atoms. The number of para-hydroxylation sites is 1. The summed E-state index contributed by atoms with van der Waals surface area (Å²) in [6.07, 6.45) is 0. The SMILES string of the molecule is CC.CC(=O)OCC1COc2cccc([N+](=O)[O-])c2N1. The Kier molecular flexibility index (Phi) is 5.76. The van der Waals surface area contributed by atoms with Gasteiger partial charge in [0.1, 0.15) is 19.0 Å². The van der Waals surface area contributed by atoms with Gasteiger partial charge in [-0.15, -0.1) is 0 Å². The van der Waals surface area contributed by atoms with Gasteiger partial charge in [0.15, 0.2) is 5.69 Å². The van der Waals surface area contributed by atoms with Gasteiger partial charge in [0.25, 0.3) is 5.69 Å². The van der Waals surface area contributed by atoms with E-state index < -0.39 is 10.9 Å². The van der Waals surface area contributed by atoms with Crippen LogP contribution in [0.4, 0.5) is 11.4 Å². The third-order valence-electron chi connectivity index (χ3n) is 2.48. The first-order valence-corrected chi connectivity index (χ1v) is 6.38. The van der Waals surface area contributed by atoms with Crippen molar-refractivity contribution in [2.75, 3.05) is 18.5 Å². The van der Waals surface area contributed by atoms with Gasteiger partial charge in [-0.2, -0.15) is 0 Å². The minimum Gasteiger partial charge on any atom is -0.489 e. The lowest BCUT2D eigenvalue weighted by molar-refractivity contribution is -0.384. The maximum atomic E-state index is 10.9. The zero-order chi connectivity index (χ0) is 15.1. The van der Waals surface area contributed by atoms with Crippen molar-refractivity contribution in [2.45, 2.75) is 26.8 Å². The fourth-order valence-corrected chi connectivity index (χ4v) is 1.68. The zero-order valence-electron chi connectivity index (χ0n) is 11.7. The van der Waals surface area contributed by atoms with Crippen LogP contribution in [0, 0.1) is 10.1 Å². The molecule has 0 saturated carbocycles. The molecule has 7 heteroatoms. The molecule has 1 aliphatic heterocycles. The molecule has 2 rings (SSSR count). The van der Waals surface area contributed by atoms with E-state index in [9.17, 15) is 14.9 Å². The van der Waals surface area contributed by atoms with Gasteiger partial charge in [-0.25, -0.2) is 0 Å². The Hall–Kier alpha value is -2.31. The number of hydrogen-bond donors (Lipinski definition) is 1. The standard InChI is InChI=1S/C11H12N2O5.C2H6/c1-7(14)17-5-8-6-18-10-4-2-3-9(13(15)16)11(10)12-8;1-2/h2-4,8,12H,5-6H2,1H3;1-2H3. The molecule has 0 saturated heterocycles. The molecular formula is C13H18N2O5. The van der Waals surface area contributed by atoms with Crippen LogP contribution in [0.3, 0.4) is 0 Å². The van der Waals surface area contributed by atoms with Crippen LogP contribution in [0.2, 0.25) is 0 Å². The molecular weight excluding hydrogens is 264 g/mol. The fourth-order valence-electron chi connectivity index (χ4n) is 1.68. The van der Waals surface area contributed by atoms with Crippen molar-refractivity contribution in [1.82, 2.24) is 0 Å². The van der Waals surface area contributed by atoms with E-state index in [2.05, 4.69) is 5.32 Å². The van der Waals surface area contributed by atoms with Gasteiger partial charge in [0.05, 0.1) is 11.0 Å². The minimum absolute atomic E-state index is 0.0555. The van der Waals surface area contributed by atoms with Crippen molar-refractivity contribution >= 4 is 17.3 Å². The molecule has 1 aromatic carbocycles. The summed E-state index contributed by atoms with van der Waals surface area (Å²) in [6.45, 7) is 5.71. The van der Waals surface area contributed by atoms with Gasteiger partial charge in [-0.3, -0.25) is 14.9 Å². The van der Waals surface area contributed by atoms with Crippen LogP contribution in [0.25, 0.3) is 0 Å². The van der Waals surface area contributed by atoms with E-state index in [4.69, 9.17) is 9.47 Å². The Morgan fingerprint density at radius 1 is 1.55 bits per heavy atom. The van der Waals surface area contributed by atoms with Crippen LogP contribution in [-0.4, -0.2) is 30.1 Å². The maximum Gasteiger partial charge on any atom is 0.302 e. The molecule has 1 N–H and O–H groups in total. The average Bonchev–Trinajstić information content (AvgIpc) is 2.46. The van der Waals surface area contributed by atoms with Crippen molar-refractivity contribution < 1.29 is 19.2 Å². The quantitative estimate of drug-likeness (QED) is 0.520. The number of esters is 1. The van der Waals surface area contributed by atoms with Gasteiger partial charge >= 0.3 is 5.97 Å². The summed E-state index contributed by atoms with van der Waals surface area (Å²) in [5, 5.41) is 13.8. The number of anilines is 1. The number of fused-ring (bicyclic) bond motifs is 1. The Morgan fingerprint density at radius 2 is 2.25 bits per heavy atom. The molecule has 1 heterocycles. The van der Waals surface area contributed by atoms with Gasteiger partial charge in [0, 0.05) is 13.0 Å². The van der Waals surface area contributed by atoms with Gasteiger partial charge < -0.3 is 14.8 Å². The molecule has 1 aliphatic rings. The number of carbonyl (C=O) groups excluding carboxylic acids is 1. The highest BCUT2D eigenvalue weighted by Gasteiger charge is 2.26. The predicted octanol–water partition coefficient (Wildman–Crippen LogP) is 2.36. The zero-order valence-corrected chi connectivity index (χ0v) is 11.7. The highest BCUT2D eigenvalue weighted by Crippen LogP contribution is 2.36. The summed E-state index contributed by atoms with van der Waals surface area (Å²) in [5.41, 5.74) is 0.269. The van der Waals surface area contributed by atoms with Crippen LogP contribution in [0.15, 0.2) is 18.2 Å². The van der Waals surface area contributed by atoms with E-state index >= 15 is 0 Å². The summed E-state index contributed by atoms with van der Waals surface area (Å²) in [5.74, 6) is 0.0356. The number of nitro benzene ring substituents is 1. The van der Waals surface area contributed by atoms with E-state index in [1.165, 1.54) is 13.0 Å². The van der Waals surface area contributed by atoms with Crippen molar-refractivity contribution in [3.05, 3.63) is 28.3 Å². The number of nitrogens with zero attached hydrogens (tertiary/aromatic N) is 1. The molecule has 1 atom stereocenters. The highest BCUT2D eigenvalue weighted by atomic mass is 16.6. The third-order valence-corrected chi connectivity index (χ3v) is 2.48. The molecule has 0 aliphatic carbocycles. The molecule has 7 nitrogen and oxygen atoms in total. The number of rotatable bonds is 3. The first-order chi connectivity index (χ1) is 9.58. The Labute approximate surface area is 117 Å². The lowest BCUT2D eigenvalue weighted by atomic mass is 10.2. The number of ether oxygens (including phenoxy) is 2. The van der Waals surface area contributed by atoms with Gasteiger partial charge in [-0.1, -0.05) is 19.9 Å². The van der Waals surface area contributed by atoms with Crippen LogP contribution >= 0.6 is 0 Å². The first kappa shape index (κ1) is 15.7. The molecule has 0 spiro atoms. The molecule has 0 bridgehead atoms.